The molecule has 5 nitrogen and oxygen atoms in total. The molecule has 7 heteroatoms. The van der Waals surface area contributed by atoms with E-state index in [2.05, 4.69) is 4.74 Å². The standard InChI is InChI=1S/C16H12F2O5/c1-22-8-23-12-7-6-11(17)14(18)13(12)15(19)9-2-4-10(5-3-9)16(20)21/h2-7H,8H2,1H3,(H,20,21). The molecule has 0 aromatic heterocycles. The van der Waals surface area contributed by atoms with Gasteiger partial charge in [0.15, 0.2) is 24.2 Å². The molecule has 0 aliphatic rings. The average Bonchev–Trinajstić information content (AvgIpc) is 2.55. The number of hydrogen-bond acceptors (Lipinski definition) is 4. The number of carboxylic acid groups (broad SMARTS) is 1. The highest BCUT2D eigenvalue weighted by Crippen LogP contribution is 2.27. The van der Waals surface area contributed by atoms with Gasteiger partial charge in [0, 0.05) is 12.7 Å². The Morgan fingerprint density at radius 2 is 1.65 bits per heavy atom. The van der Waals surface area contributed by atoms with Crippen LogP contribution in [0.4, 0.5) is 8.78 Å². The van der Waals surface area contributed by atoms with Crippen LogP contribution in [0.5, 0.6) is 5.75 Å². The van der Waals surface area contributed by atoms with E-state index in [4.69, 9.17) is 9.84 Å². The van der Waals surface area contributed by atoms with Crippen molar-refractivity contribution >= 4 is 11.8 Å². The van der Waals surface area contributed by atoms with Gasteiger partial charge in [0.05, 0.1) is 5.56 Å². The monoisotopic (exact) mass is 322 g/mol. The van der Waals surface area contributed by atoms with Gasteiger partial charge in [-0.05, 0) is 24.3 Å². The largest absolute Gasteiger partial charge is 0.478 e. The molecule has 0 aliphatic carbocycles. The van der Waals surface area contributed by atoms with Crippen LogP contribution in [0.25, 0.3) is 0 Å². The molecule has 0 radical (unpaired) electrons. The van der Waals surface area contributed by atoms with Gasteiger partial charge in [-0.2, -0.15) is 0 Å². The van der Waals surface area contributed by atoms with E-state index in [0.717, 1.165) is 12.1 Å². The maximum atomic E-state index is 14.0. The number of benzene rings is 2. The van der Waals surface area contributed by atoms with Gasteiger partial charge in [0.2, 0.25) is 0 Å². The van der Waals surface area contributed by atoms with Gasteiger partial charge in [-0.3, -0.25) is 4.79 Å². The van der Waals surface area contributed by atoms with E-state index in [9.17, 15) is 18.4 Å². The number of carbonyl (C=O) groups excluding carboxylic acids is 1. The second kappa shape index (κ2) is 6.97. The van der Waals surface area contributed by atoms with E-state index in [-0.39, 0.29) is 23.7 Å². The lowest BCUT2D eigenvalue weighted by atomic mass is 10.0. The van der Waals surface area contributed by atoms with Crippen LogP contribution in [-0.4, -0.2) is 30.8 Å². The van der Waals surface area contributed by atoms with Crippen LogP contribution in [0, 0.1) is 11.6 Å². The fourth-order valence-corrected chi connectivity index (χ4v) is 1.90. The lowest BCUT2D eigenvalue weighted by Crippen LogP contribution is -2.11. The molecule has 0 saturated heterocycles. The molecule has 0 bridgehead atoms. The lowest BCUT2D eigenvalue weighted by Gasteiger charge is -2.11. The highest BCUT2D eigenvalue weighted by molar-refractivity contribution is 6.11. The number of carbonyl (C=O) groups is 2. The maximum absolute atomic E-state index is 14.0. The molecule has 1 N–H and O–H groups in total. The lowest BCUT2D eigenvalue weighted by molar-refractivity contribution is 0.0499. The molecular weight excluding hydrogens is 310 g/mol. The summed E-state index contributed by atoms with van der Waals surface area (Å²) < 4.78 is 37.2. The summed E-state index contributed by atoms with van der Waals surface area (Å²) in [6.45, 7) is -0.247. The smallest absolute Gasteiger partial charge is 0.335 e. The number of ketones is 1. The Hall–Kier alpha value is -2.80. The number of ether oxygens (including phenoxy) is 2. The molecular formula is C16H12F2O5. The number of aromatic carboxylic acids is 1. The third-order valence-corrected chi connectivity index (χ3v) is 3.01. The Morgan fingerprint density at radius 3 is 2.22 bits per heavy atom. The molecule has 2 rings (SSSR count). The summed E-state index contributed by atoms with van der Waals surface area (Å²) >= 11 is 0. The first-order chi connectivity index (χ1) is 11.0. The number of hydrogen-bond donors (Lipinski definition) is 1. The van der Waals surface area contributed by atoms with Crippen LogP contribution in [0.3, 0.4) is 0 Å². The molecule has 0 amide bonds. The summed E-state index contributed by atoms with van der Waals surface area (Å²) in [6.07, 6.45) is 0. The summed E-state index contributed by atoms with van der Waals surface area (Å²) in [5.74, 6) is -4.70. The van der Waals surface area contributed by atoms with Crippen LogP contribution in [0.15, 0.2) is 36.4 Å². The second-order valence-electron chi connectivity index (χ2n) is 4.50. The predicted molar refractivity (Wildman–Crippen MR) is 75.7 cm³/mol. The van der Waals surface area contributed by atoms with Crippen molar-refractivity contribution < 1.29 is 33.0 Å². The summed E-state index contributed by atoms with van der Waals surface area (Å²) in [5.41, 5.74) is -0.607. The van der Waals surface area contributed by atoms with E-state index in [1.54, 1.807) is 0 Å². The third-order valence-electron chi connectivity index (χ3n) is 3.01. The Bertz CT molecular complexity index is 741. The molecule has 2 aromatic rings. The van der Waals surface area contributed by atoms with Gasteiger partial charge in [-0.25, -0.2) is 13.6 Å². The molecule has 0 atom stereocenters. The van der Waals surface area contributed by atoms with E-state index >= 15 is 0 Å². The van der Waals surface area contributed by atoms with Gasteiger partial charge in [-0.1, -0.05) is 12.1 Å². The highest BCUT2D eigenvalue weighted by Gasteiger charge is 2.23. The van der Waals surface area contributed by atoms with Gasteiger partial charge >= 0.3 is 5.97 Å². The van der Waals surface area contributed by atoms with Crippen LogP contribution in [-0.2, 0) is 4.74 Å². The summed E-state index contributed by atoms with van der Waals surface area (Å²) in [7, 11) is 1.34. The first kappa shape index (κ1) is 16.6. The molecule has 0 heterocycles. The minimum Gasteiger partial charge on any atom is -0.478 e. The summed E-state index contributed by atoms with van der Waals surface area (Å²) in [4.78, 5) is 23.2. The first-order valence-electron chi connectivity index (χ1n) is 6.43. The second-order valence-corrected chi connectivity index (χ2v) is 4.50. The quantitative estimate of drug-likeness (QED) is 0.654. The van der Waals surface area contributed by atoms with Crippen LogP contribution >= 0.6 is 0 Å². The van der Waals surface area contributed by atoms with Crippen LogP contribution < -0.4 is 4.74 Å². The van der Waals surface area contributed by atoms with Crippen molar-refractivity contribution in [1.82, 2.24) is 0 Å². The molecule has 2 aromatic carbocycles. The zero-order chi connectivity index (χ0) is 17.0. The van der Waals surface area contributed by atoms with Gasteiger partial charge in [0.1, 0.15) is 11.3 Å². The highest BCUT2D eigenvalue weighted by atomic mass is 19.2. The molecule has 0 aliphatic heterocycles. The molecule has 0 unspecified atom stereocenters. The molecule has 0 spiro atoms. The Labute approximate surface area is 130 Å². The average molecular weight is 322 g/mol. The summed E-state index contributed by atoms with van der Waals surface area (Å²) in [5, 5.41) is 8.82. The van der Waals surface area contributed by atoms with Gasteiger partial charge in [0.25, 0.3) is 0 Å². The Morgan fingerprint density at radius 1 is 1.04 bits per heavy atom. The number of rotatable bonds is 6. The zero-order valence-corrected chi connectivity index (χ0v) is 12.0. The molecule has 23 heavy (non-hydrogen) atoms. The van der Waals surface area contributed by atoms with Crippen LogP contribution in [0.1, 0.15) is 26.3 Å². The Balaban J connectivity index is 2.44. The fourth-order valence-electron chi connectivity index (χ4n) is 1.90. The molecule has 0 fully saturated rings. The normalized spacial score (nSPS) is 10.4. The third kappa shape index (κ3) is 3.51. The predicted octanol–water partition coefficient (Wildman–Crippen LogP) is 2.88. The van der Waals surface area contributed by atoms with Crippen molar-refractivity contribution in [3.63, 3.8) is 0 Å². The minimum atomic E-state index is -1.34. The molecule has 0 saturated carbocycles. The van der Waals surface area contributed by atoms with E-state index in [1.807, 2.05) is 0 Å². The fraction of sp³-hybridized carbons (Fsp3) is 0.125. The topological polar surface area (TPSA) is 72.8 Å². The van der Waals surface area contributed by atoms with E-state index in [1.165, 1.54) is 31.4 Å². The van der Waals surface area contributed by atoms with Gasteiger partial charge < -0.3 is 14.6 Å². The first-order valence-corrected chi connectivity index (χ1v) is 6.43. The van der Waals surface area contributed by atoms with Crippen molar-refractivity contribution in [1.29, 1.82) is 0 Å². The molecule has 120 valence electrons. The maximum Gasteiger partial charge on any atom is 0.335 e. The van der Waals surface area contributed by atoms with Crippen molar-refractivity contribution in [3.8, 4) is 5.75 Å². The van der Waals surface area contributed by atoms with E-state index in [0.29, 0.717) is 0 Å². The number of methoxy groups -OCH3 is 1. The minimum absolute atomic E-state index is 0.00164. The van der Waals surface area contributed by atoms with Crippen LogP contribution in [0.2, 0.25) is 0 Å². The number of carboxylic acids is 1. The van der Waals surface area contributed by atoms with Crippen molar-refractivity contribution in [2.75, 3.05) is 13.9 Å². The van der Waals surface area contributed by atoms with Gasteiger partial charge in [-0.15, -0.1) is 0 Å². The van der Waals surface area contributed by atoms with Crippen molar-refractivity contribution in [2.45, 2.75) is 0 Å². The van der Waals surface area contributed by atoms with Crippen molar-refractivity contribution in [3.05, 3.63) is 64.7 Å². The van der Waals surface area contributed by atoms with E-state index < -0.39 is 29.0 Å². The summed E-state index contributed by atoms with van der Waals surface area (Å²) in [6, 6.07) is 6.79. The van der Waals surface area contributed by atoms with Crippen molar-refractivity contribution in [2.24, 2.45) is 0 Å². The zero-order valence-electron chi connectivity index (χ0n) is 12.0. The SMILES string of the molecule is COCOc1ccc(F)c(F)c1C(=O)c1ccc(C(=O)O)cc1. The number of halogens is 2. The Kier molecular flexibility index (Phi) is 5.02.